The summed E-state index contributed by atoms with van der Waals surface area (Å²) in [6.45, 7) is 0.0640. The van der Waals surface area contributed by atoms with Gasteiger partial charge in [0.05, 0.1) is 19.8 Å². The van der Waals surface area contributed by atoms with Gasteiger partial charge in [-0.15, -0.1) is 0 Å². The van der Waals surface area contributed by atoms with E-state index in [0.717, 1.165) is 11.3 Å². The molecule has 8 nitrogen and oxygen atoms in total. The minimum Gasteiger partial charge on any atom is -0.496 e. The molecular weight excluding hydrogens is 388 g/mol. The lowest BCUT2D eigenvalue weighted by molar-refractivity contribution is -0.143. The lowest BCUT2D eigenvalue weighted by Crippen LogP contribution is -2.42. The van der Waals surface area contributed by atoms with Crippen molar-refractivity contribution in [1.29, 1.82) is 0 Å². The molecule has 0 aliphatic rings. The number of carbonyl (C=O) groups excluding carboxylic acids is 3. The molecule has 0 aromatic heterocycles. The summed E-state index contributed by atoms with van der Waals surface area (Å²) in [6, 6.07) is 13.3. The summed E-state index contributed by atoms with van der Waals surface area (Å²) < 4.78 is 15.2. The molecule has 1 atom stereocenters. The molecule has 2 N–H and O–H groups in total. The molecule has 8 heteroatoms. The molecule has 2 rings (SSSR count). The van der Waals surface area contributed by atoms with Crippen LogP contribution in [0.4, 0.5) is 10.5 Å². The summed E-state index contributed by atoms with van der Waals surface area (Å²) in [7, 11) is 4.46. The van der Waals surface area contributed by atoms with Crippen molar-refractivity contribution in [3.05, 3.63) is 59.7 Å². The molecule has 2 aromatic rings. The third-order valence-electron chi connectivity index (χ3n) is 4.44. The van der Waals surface area contributed by atoms with Crippen molar-refractivity contribution in [3.8, 4) is 5.75 Å². The van der Waals surface area contributed by atoms with Crippen LogP contribution in [0.25, 0.3) is 0 Å². The highest BCUT2D eigenvalue weighted by atomic mass is 16.6. The average molecular weight is 414 g/mol. The van der Waals surface area contributed by atoms with Crippen LogP contribution in [0.5, 0.6) is 5.75 Å². The molecule has 1 amide bonds. The van der Waals surface area contributed by atoms with Crippen molar-refractivity contribution in [3.63, 3.8) is 0 Å². The van der Waals surface area contributed by atoms with Crippen molar-refractivity contribution in [1.82, 2.24) is 5.32 Å². The number of rotatable bonds is 10. The van der Waals surface area contributed by atoms with E-state index in [1.54, 1.807) is 25.2 Å². The third-order valence-corrected chi connectivity index (χ3v) is 4.44. The van der Waals surface area contributed by atoms with Gasteiger partial charge >= 0.3 is 12.1 Å². The van der Waals surface area contributed by atoms with Crippen LogP contribution in [0.3, 0.4) is 0 Å². The van der Waals surface area contributed by atoms with Gasteiger partial charge in [0, 0.05) is 25.2 Å². The van der Waals surface area contributed by atoms with Crippen molar-refractivity contribution >= 4 is 23.5 Å². The summed E-state index contributed by atoms with van der Waals surface area (Å²) in [4.78, 5) is 36.8. The second kappa shape index (κ2) is 11.5. The van der Waals surface area contributed by atoms with Gasteiger partial charge in [-0.1, -0.05) is 30.3 Å². The highest BCUT2D eigenvalue weighted by Gasteiger charge is 2.24. The number of ether oxygens (including phenoxy) is 3. The first-order valence-corrected chi connectivity index (χ1v) is 9.42. The van der Waals surface area contributed by atoms with Crippen LogP contribution >= 0.6 is 0 Å². The van der Waals surface area contributed by atoms with Crippen LogP contribution in [0.15, 0.2) is 48.5 Å². The van der Waals surface area contributed by atoms with Gasteiger partial charge in [-0.2, -0.15) is 0 Å². The first-order valence-electron chi connectivity index (χ1n) is 9.42. The number of alkyl carbamates (subject to hydrolysis) is 1. The zero-order chi connectivity index (χ0) is 21.9. The summed E-state index contributed by atoms with van der Waals surface area (Å²) >= 11 is 0. The second-order valence-corrected chi connectivity index (χ2v) is 6.41. The number of nitrogens with one attached hydrogen (secondary N) is 2. The van der Waals surface area contributed by atoms with Crippen molar-refractivity contribution < 1.29 is 28.6 Å². The van der Waals surface area contributed by atoms with Crippen LogP contribution in [0.2, 0.25) is 0 Å². The Hall–Kier alpha value is -3.55. The van der Waals surface area contributed by atoms with E-state index in [4.69, 9.17) is 14.2 Å². The Morgan fingerprint density at radius 2 is 1.77 bits per heavy atom. The second-order valence-electron chi connectivity index (χ2n) is 6.41. The fourth-order valence-electron chi connectivity index (χ4n) is 2.79. The molecule has 0 radical (unpaired) electrons. The fourth-order valence-corrected chi connectivity index (χ4v) is 2.79. The number of methoxy groups -OCH3 is 2. The SMILES string of the molecule is CNc1ccc(C(=O)CCC(NC(=O)OCc2ccccc2)C(=O)OC)c(OC)c1. The van der Waals surface area contributed by atoms with E-state index in [1.807, 2.05) is 30.3 Å². The molecule has 0 bridgehead atoms. The molecule has 0 aliphatic heterocycles. The summed E-state index contributed by atoms with van der Waals surface area (Å²) in [5.41, 5.74) is 2.01. The fraction of sp³-hybridized carbons (Fsp3) is 0.318. The van der Waals surface area contributed by atoms with E-state index >= 15 is 0 Å². The molecule has 0 saturated carbocycles. The van der Waals surface area contributed by atoms with Gasteiger partial charge in [-0.3, -0.25) is 4.79 Å². The molecule has 0 heterocycles. The first kappa shape index (κ1) is 22.7. The lowest BCUT2D eigenvalue weighted by Gasteiger charge is -2.16. The van der Waals surface area contributed by atoms with E-state index < -0.39 is 18.1 Å². The highest BCUT2D eigenvalue weighted by molar-refractivity contribution is 5.99. The van der Waals surface area contributed by atoms with Gasteiger partial charge in [0.1, 0.15) is 18.4 Å². The minimum absolute atomic E-state index is 0.00793. The predicted molar refractivity (Wildman–Crippen MR) is 112 cm³/mol. The average Bonchev–Trinajstić information content (AvgIpc) is 2.79. The largest absolute Gasteiger partial charge is 0.496 e. The van der Waals surface area contributed by atoms with Crippen LogP contribution in [-0.2, 0) is 20.9 Å². The monoisotopic (exact) mass is 414 g/mol. The number of anilines is 1. The Labute approximate surface area is 175 Å². The number of hydrogen-bond donors (Lipinski definition) is 2. The number of esters is 1. The molecule has 0 aliphatic carbocycles. The Balaban J connectivity index is 1.96. The number of carbonyl (C=O) groups is 3. The molecule has 0 spiro atoms. The summed E-state index contributed by atoms with van der Waals surface area (Å²) in [5, 5.41) is 5.43. The number of Topliss-reactive ketones (excluding diaryl/α,β-unsaturated/α-hetero) is 1. The molecule has 0 saturated heterocycles. The van der Waals surface area contributed by atoms with Crippen LogP contribution < -0.4 is 15.4 Å². The van der Waals surface area contributed by atoms with E-state index in [9.17, 15) is 14.4 Å². The molecule has 2 aromatic carbocycles. The predicted octanol–water partition coefficient (Wildman–Crippen LogP) is 3.17. The number of amides is 1. The Kier molecular flexibility index (Phi) is 8.68. The van der Waals surface area contributed by atoms with Gasteiger partial charge in [0.25, 0.3) is 0 Å². The number of ketones is 1. The summed E-state index contributed by atoms with van der Waals surface area (Å²) in [5.74, 6) is -0.448. The quantitative estimate of drug-likeness (QED) is 0.455. The van der Waals surface area contributed by atoms with E-state index in [-0.39, 0.29) is 25.2 Å². The van der Waals surface area contributed by atoms with Gasteiger partial charge in [0.2, 0.25) is 0 Å². The zero-order valence-electron chi connectivity index (χ0n) is 17.3. The Morgan fingerprint density at radius 1 is 1.03 bits per heavy atom. The topological polar surface area (TPSA) is 103 Å². The van der Waals surface area contributed by atoms with Crippen molar-refractivity contribution in [2.45, 2.75) is 25.5 Å². The zero-order valence-corrected chi connectivity index (χ0v) is 17.3. The molecule has 0 fully saturated rings. The first-order chi connectivity index (χ1) is 14.5. The standard InChI is InChI=1S/C22H26N2O6/c1-23-16-9-10-17(20(13-16)28-2)19(25)12-11-18(21(26)29-3)24-22(27)30-14-15-7-5-4-6-8-15/h4-10,13,18,23H,11-12,14H2,1-3H3,(H,24,27). The molecule has 30 heavy (non-hydrogen) atoms. The van der Waals surface area contributed by atoms with Gasteiger partial charge in [-0.25, -0.2) is 9.59 Å². The van der Waals surface area contributed by atoms with Crippen molar-refractivity contribution in [2.75, 3.05) is 26.6 Å². The molecule has 160 valence electrons. The summed E-state index contributed by atoms with van der Waals surface area (Å²) in [6.07, 6.45) is -0.700. The highest BCUT2D eigenvalue weighted by Crippen LogP contribution is 2.24. The maximum absolute atomic E-state index is 12.6. The van der Waals surface area contributed by atoms with Gasteiger partial charge in [0.15, 0.2) is 5.78 Å². The number of benzene rings is 2. The lowest BCUT2D eigenvalue weighted by atomic mass is 10.0. The molecule has 1 unspecified atom stereocenters. The van der Waals surface area contributed by atoms with Crippen LogP contribution in [0.1, 0.15) is 28.8 Å². The van der Waals surface area contributed by atoms with Crippen molar-refractivity contribution in [2.24, 2.45) is 0 Å². The van der Waals surface area contributed by atoms with Gasteiger partial charge < -0.3 is 24.8 Å². The van der Waals surface area contributed by atoms with E-state index in [0.29, 0.717) is 11.3 Å². The maximum Gasteiger partial charge on any atom is 0.408 e. The molecular formula is C22H26N2O6. The van der Waals surface area contributed by atoms with E-state index in [1.165, 1.54) is 14.2 Å². The third kappa shape index (κ3) is 6.51. The smallest absolute Gasteiger partial charge is 0.408 e. The van der Waals surface area contributed by atoms with Crippen LogP contribution in [-0.4, -0.2) is 45.2 Å². The maximum atomic E-state index is 12.6. The Morgan fingerprint density at radius 3 is 2.40 bits per heavy atom. The van der Waals surface area contributed by atoms with Gasteiger partial charge in [-0.05, 0) is 24.1 Å². The number of hydrogen-bond acceptors (Lipinski definition) is 7. The Bertz CT molecular complexity index is 869. The minimum atomic E-state index is -1.01. The van der Waals surface area contributed by atoms with Crippen LogP contribution in [0, 0.1) is 0 Å². The van der Waals surface area contributed by atoms with E-state index in [2.05, 4.69) is 10.6 Å². The normalized spacial score (nSPS) is 11.2.